The lowest BCUT2D eigenvalue weighted by Crippen LogP contribution is -2.19. The van der Waals surface area contributed by atoms with Crippen LogP contribution in [0.15, 0.2) is 18.2 Å². The van der Waals surface area contributed by atoms with Crippen molar-refractivity contribution < 1.29 is 15.0 Å². The third-order valence-corrected chi connectivity index (χ3v) is 1.79. The van der Waals surface area contributed by atoms with Crippen molar-refractivity contribution in [2.75, 3.05) is 5.32 Å². The molecular weight excluding hydrogens is 216 g/mol. The van der Waals surface area contributed by atoms with Gasteiger partial charge in [-0.05, 0) is 30.4 Å². The van der Waals surface area contributed by atoms with E-state index in [0.717, 1.165) is 0 Å². The molecule has 1 aromatic rings. The summed E-state index contributed by atoms with van der Waals surface area (Å²) in [4.78, 5) is 10.5. The van der Waals surface area contributed by atoms with E-state index in [0.29, 0.717) is 11.3 Å². The number of aromatic hydroxyl groups is 1. The summed E-state index contributed by atoms with van der Waals surface area (Å²) in [6, 6.07) is 4.43. The molecule has 0 aromatic heterocycles. The fraction of sp³-hybridized carbons (Fsp3) is 0.111. The van der Waals surface area contributed by atoms with Crippen molar-refractivity contribution in [3.63, 3.8) is 0 Å². The largest absolute Gasteiger partial charge is 0.508 e. The van der Waals surface area contributed by atoms with Gasteiger partial charge in [0.25, 0.3) is 0 Å². The molecule has 6 heteroatoms. The summed E-state index contributed by atoms with van der Waals surface area (Å²) in [6.45, 7) is 0. The quantitative estimate of drug-likeness (QED) is 0.447. The molecule has 0 aliphatic rings. The summed E-state index contributed by atoms with van der Waals surface area (Å²) in [5, 5.41) is 20.7. The van der Waals surface area contributed by atoms with Crippen LogP contribution in [0, 0.1) is 0 Å². The monoisotopic (exact) mass is 226 g/mol. The van der Waals surface area contributed by atoms with Gasteiger partial charge in [0.05, 0.1) is 6.42 Å². The lowest BCUT2D eigenvalue weighted by molar-refractivity contribution is -0.136. The molecule has 15 heavy (non-hydrogen) atoms. The fourth-order valence-corrected chi connectivity index (χ4v) is 1.23. The highest BCUT2D eigenvalue weighted by molar-refractivity contribution is 7.80. The Hall–Kier alpha value is -1.82. The van der Waals surface area contributed by atoms with Crippen LogP contribution in [-0.2, 0) is 11.2 Å². The van der Waals surface area contributed by atoms with Gasteiger partial charge in [0.15, 0.2) is 5.11 Å². The van der Waals surface area contributed by atoms with E-state index >= 15 is 0 Å². The second kappa shape index (κ2) is 4.61. The zero-order chi connectivity index (χ0) is 11.4. The molecule has 0 amide bonds. The third kappa shape index (κ3) is 3.43. The molecule has 0 bridgehead atoms. The number of hydrogen-bond acceptors (Lipinski definition) is 3. The molecule has 0 unspecified atom stereocenters. The van der Waals surface area contributed by atoms with Gasteiger partial charge in [0.1, 0.15) is 5.75 Å². The number of rotatable bonds is 3. The maximum absolute atomic E-state index is 10.5. The number of carboxylic acids is 1. The van der Waals surface area contributed by atoms with Crippen LogP contribution in [0.3, 0.4) is 0 Å². The number of benzene rings is 1. The minimum absolute atomic E-state index is 0.0640. The average molecular weight is 226 g/mol. The Morgan fingerprint density at radius 1 is 1.53 bits per heavy atom. The first-order valence-corrected chi connectivity index (χ1v) is 4.50. The van der Waals surface area contributed by atoms with Crippen LogP contribution in [0.2, 0.25) is 0 Å². The predicted octanol–water partition coefficient (Wildman–Crippen LogP) is 0.675. The molecule has 0 spiro atoms. The smallest absolute Gasteiger partial charge is 0.307 e. The Kier molecular flexibility index (Phi) is 3.46. The molecule has 0 aliphatic carbocycles. The molecule has 1 rings (SSSR count). The SMILES string of the molecule is NC(=S)Nc1ccc(O)c(CC(=O)O)c1. The number of phenolic OH excluding ortho intramolecular Hbond substituents is 1. The van der Waals surface area contributed by atoms with Crippen LogP contribution >= 0.6 is 12.2 Å². The Morgan fingerprint density at radius 3 is 2.73 bits per heavy atom. The first-order chi connectivity index (χ1) is 6.99. The Bertz CT molecular complexity index is 406. The number of carbonyl (C=O) groups is 1. The summed E-state index contributed by atoms with van der Waals surface area (Å²) < 4.78 is 0. The van der Waals surface area contributed by atoms with E-state index < -0.39 is 5.97 Å². The van der Waals surface area contributed by atoms with Crippen LogP contribution in [0.4, 0.5) is 5.69 Å². The Labute approximate surface area is 91.5 Å². The van der Waals surface area contributed by atoms with Gasteiger partial charge in [-0.15, -0.1) is 0 Å². The molecule has 0 saturated heterocycles. The van der Waals surface area contributed by atoms with Crippen molar-refractivity contribution in [3.05, 3.63) is 23.8 Å². The number of thiocarbonyl (C=S) groups is 1. The van der Waals surface area contributed by atoms with Gasteiger partial charge in [-0.2, -0.15) is 0 Å². The van der Waals surface area contributed by atoms with Crippen molar-refractivity contribution in [3.8, 4) is 5.75 Å². The summed E-state index contributed by atoms with van der Waals surface area (Å²) >= 11 is 4.63. The predicted molar refractivity (Wildman–Crippen MR) is 59.9 cm³/mol. The lowest BCUT2D eigenvalue weighted by Gasteiger charge is -2.07. The number of aliphatic carboxylic acids is 1. The minimum atomic E-state index is -1.02. The standard InChI is InChI=1S/C9H10N2O3S/c10-9(15)11-6-1-2-7(12)5(3-6)4-8(13)14/h1-3,12H,4H2,(H,13,14)(H3,10,11,15). The minimum Gasteiger partial charge on any atom is -0.508 e. The van der Waals surface area contributed by atoms with Gasteiger partial charge in [-0.1, -0.05) is 0 Å². The number of hydrogen-bond donors (Lipinski definition) is 4. The lowest BCUT2D eigenvalue weighted by atomic mass is 10.1. The van der Waals surface area contributed by atoms with Gasteiger partial charge in [0.2, 0.25) is 0 Å². The molecule has 0 saturated carbocycles. The van der Waals surface area contributed by atoms with Crippen LogP contribution in [0.1, 0.15) is 5.56 Å². The number of nitrogens with one attached hydrogen (secondary N) is 1. The second-order valence-electron chi connectivity index (χ2n) is 2.90. The van der Waals surface area contributed by atoms with Gasteiger partial charge < -0.3 is 21.3 Å². The first kappa shape index (κ1) is 11.3. The summed E-state index contributed by atoms with van der Waals surface area (Å²) in [7, 11) is 0. The van der Waals surface area contributed by atoms with Crippen LogP contribution in [-0.4, -0.2) is 21.3 Å². The molecule has 0 aliphatic heterocycles. The normalized spacial score (nSPS) is 9.60. The number of phenols is 1. The van der Waals surface area contributed by atoms with E-state index in [1.807, 2.05) is 0 Å². The highest BCUT2D eigenvalue weighted by atomic mass is 32.1. The second-order valence-corrected chi connectivity index (χ2v) is 3.34. The van der Waals surface area contributed by atoms with Crippen molar-refractivity contribution >= 4 is 29.0 Å². The Morgan fingerprint density at radius 2 is 2.20 bits per heavy atom. The van der Waals surface area contributed by atoms with Crippen LogP contribution in [0.25, 0.3) is 0 Å². The molecule has 5 N–H and O–H groups in total. The van der Waals surface area contributed by atoms with E-state index in [1.54, 1.807) is 6.07 Å². The van der Waals surface area contributed by atoms with E-state index in [4.69, 9.17) is 10.8 Å². The molecular formula is C9H10N2O3S. The van der Waals surface area contributed by atoms with E-state index in [2.05, 4.69) is 17.5 Å². The maximum Gasteiger partial charge on any atom is 0.307 e. The Balaban J connectivity index is 2.94. The van der Waals surface area contributed by atoms with Gasteiger partial charge in [0, 0.05) is 11.3 Å². The molecule has 0 fully saturated rings. The number of nitrogens with two attached hydrogens (primary N) is 1. The van der Waals surface area contributed by atoms with E-state index in [-0.39, 0.29) is 17.3 Å². The third-order valence-electron chi connectivity index (χ3n) is 1.69. The van der Waals surface area contributed by atoms with Crippen molar-refractivity contribution in [2.45, 2.75) is 6.42 Å². The van der Waals surface area contributed by atoms with Crippen molar-refractivity contribution in [1.82, 2.24) is 0 Å². The number of carboxylic acid groups (broad SMARTS) is 1. The summed E-state index contributed by atoms with van der Waals surface area (Å²) in [5.41, 5.74) is 6.12. The molecule has 5 nitrogen and oxygen atoms in total. The molecule has 0 radical (unpaired) electrons. The fourth-order valence-electron chi connectivity index (χ4n) is 1.11. The first-order valence-electron chi connectivity index (χ1n) is 4.09. The maximum atomic E-state index is 10.5. The highest BCUT2D eigenvalue weighted by Crippen LogP contribution is 2.21. The highest BCUT2D eigenvalue weighted by Gasteiger charge is 2.07. The molecule has 1 aromatic carbocycles. The zero-order valence-electron chi connectivity index (χ0n) is 7.73. The van der Waals surface area contributed by atoms with Crippen LogP contribution < -0.4 is 11.1 Å². The molecule has 80 valence electrons. The van der Waals surface area contributed by atoms with Crippen molar-refractivity contribution in [2.24, 2.45) is 5.73 Å². The topological polar surface area (TPSA) is 95.6 Å². The summed E-state index contributed by atoms with van der Waals surface area (Å²) in [6.07, 6.45) is -0.251. The van der Waals surface area contributed by atoms with Gasteiger partial charge in [-0.3, -0.25) is 4.79 Å². The average Bonchev–Trinajstić information content (AvgIpc) is 2.09. The van der Waals surface area contributed by atoms with Crippen LogP contribution in [0.5, 0.6) is 5.75 Å². The summed E-state index contributed by atoms with van der Waals surface area (Å²) in [5.74, 6) is -1.08. The van der Waals surface area contributed by atoms with Gasteiger partial charge >= 0.3 is 5.97 Å². The zero-order valence-corrected chi connectivity index (χ0v) is 8.54. The van der Waals surface area contributed by atoms with E-state index in [1.165, 1.54) is 12.1 Å². The molecule has 0 atom stereocenters. The van der Waals surface area contributed by atoms with Crippen molar-refractivity contribution in [1.29, 1.82) is 0 Å². The van der Waals surface area contributed by atoms with Gasteiger partial charge in [-0.25, -0.2) is 0 Å². The molecule has 0 heterocycles. The number of anilines is 1. The van der Waals surface area contributed by atoms with E-state index in [9.17, 15) is 9.90 Å².